The molecular weight excluding hydrogens is 272 g/mol. The number of carbonyl (C=O) groups excluding carboxylic acids is 1. The highest BCUT2D eigenvalue weighted by Crippen LogP contribution is 2.33. The Bertz CT molecular complexity index is 608. The first-order valence-electron chi connectivity index (χ1n) is 4.89. The van der Waals surface area contributed by atoms with Crippen molar-refractivity contribution in [1.29, 1.82) is 0 Å². The van der Waals surface area contributed by atoms with E-state index in [1.165, 1.54) is 22.7 Å². The van der Waals surface area contributed by atoms with Crippen molar-refractivity contribution in [2.75, 3.05) is 0 Å². The molecule has 2 aromatic heterocycles. The molecule has 0 saturated carbocycles. The lowest BCUT2D eigenvalue weighted by Gasteiger charge is -1.97. The molecule has 0 saturated heterocycles. The molecule has 0 aliphatic carbocycles. The van der Waals surface area contributed by atoms with Crippen molar-refractivity contribution in [3.63, 3.8) is 0 Å². The van der Waals surface area contributed by atoms with Crippen LogP contribution < -0.4 is 0 Å². The van der Waals surface area contributed by atoms with Crippen LogP contribution in [0.25, 0.3) is 9.75 Å². The highest BCUT2D eigenvalue weighted by molar-refractivity contribution is 7.20. The molecule has 0 amide bonds. The van der Waals surface area contributed by atoms with Crippen molar-refractivity contribution in [3.8, 4) is 9.75 Å². The number of aliphatic hydroxyl groups excluding tert-OH is 1. The first kappa shape index (κ1) is 12.5. The number of allylic oxidation sites excluding steroid dienone is 1. The van der Waals surface area contributed by atoms with Gasteiger partial charge in [-0.1, -0.05) is 6.07 Å². The molecule has 0 aliphatic heterocycles. The van der Waals surface area contributed by atoms with Gasteiger partial charge in [0, 0.05) is 16.5 Å². The number of hydrogen-bond acceptors (Lipinski definition) is 5. The van der Waals surface area contributed by atoms with E-state index in [1.54, 1.807) is 11.4 Å². The SMILES string of the molecule is O=C(O)C(O)=CC(=O)c1ccsc1-c1cccs1. The second-order valence-electron chi connectivity index (χ2n) is 3.34. The second-order valence-corrected chi connectivity index (χ2v) is 5.20. The highest BCUT2D eigenvalue weighted by Gasteiger charge is 2.15. The van der Waals surface area contributed by atoms with E-state index in [1.807, 2.05) is 17.5 Å². The van der Waals surface area contributed by atoms with E-state index in [-0.39, 0.29) is 0 Å². The van der Waals surface area contributed by atoms with Gasteiger partial charge < -0.3 is 10.2 Å². The summed E-state index contributed by atoms with van der Waals surface area (Å²) in [6.45, 7) is 0. The van der Waals surface area contributed by atoms with Crippen LogP contribution in [0, 0.1) is 0 Å². The molecule has 0 unspecified atom stereocenters. The second kappa shape index (κ2) is 5.16. The number of aliphatic carboxylic acids is 1. The van der Waals surface area contributed by atoms with E-state index in [9.17, 15) is 9.59 Å². The molecule has 2 heterocycles. The predicted molar refractivity (Wildman–Crippen MR) is 70.3 cm³/mol. The van der Waals surface area contributed by atoms with Gasteiger partial charge >= 0.3 is 5.97 Å². The van der Waals surface area contributed by atoms with Gasteiger partial charge in [-0.25, -0.2) is 4.79 Å². The van der Waals surface area contributed by atoms with E-state index >= 15 is 0 Å². The van der Waals surface area contributed by atoms with Gasteiger partial charge in [-0.15, -0.1) is 22.7 Å². The first-order chi connectivity index (χ1) is 8.59. The van der Waals surface area contributed by atoms with E-state index in [0.29, 0.717) is 5.56 Å². The number of hydrogen-bond donors (Lipinski definition) is 2. The van der Waals surface area contributed by atoms with Crippen LogP contribution in [0.4, 0.5) is 0 Å². The summed E-state index contributed by atoms with van der Waals surface area (Å²) in [5, 5.41) is 21.2. The fourth-order valence-corrected chi connectivity index (χ4v) is 3.15. The molecule has 92 valence electrons. The molecule has 18 heavy (non-hydrogen) atoms. The van der Waals surface area contributed by atoms with Gasteiger partial charge in [0.05, 0.1) is 4.88 Å². The maximum Gasteiger partial charge on any atom is 0.371 e. The quantitative estimate of drug-likeness (QED) is 0.512. The third kappa shape index (κ3) is 2.49. The average molecular weight is 280 g/mol. The van der Waals surface area contributed by atoms with Crippen LogP contribution in [0.2, 0.25) is 0 Å². The first-order valence-corrected chi connectivity index (χ1v) is 6.65. The zero-order valence-electron chi connectivity index (χ0n) is 8.99. The lowest BCUT2D eigenvalue weighted by molar-refractivity contribution is -0.135. The largest absolute Gasteiger partial charge is 0.502 e. The maximum atomic E-state index is 11.8. The molecule has 0 spiro atoms. The minimum absolute atomic E-state index is 0.398. The fourth-order valence-electron chi connectivity index (χ4n) is 1.37. The number of ketones is 1. The third-order valence-corrected chi connectivity index (χ3v) is 4.13. The Labute approximate surface area is 110 Å². The molecule has 0 aromatic carbocycles. The fraction of sp³-hybridized carbons (Fsp3) is 0. The van der Waals surface area contributed by atoms with Crippen LogP contribution in [0.5, 0.6) is 0 Å². The number of aliphatic hydroxyl groups is 1. The van der Waals surface area contributed by atoms with E-state index in [4.69, 9.17) is 10.2 Å². The summed E-state index contributed by atoms with van der Waals surface area (Å²) in [7, 11) is 0. The number of thiophene rings is 2. The summed E-state index contributed by atoms with van der Waals surface area (Å²) < 4.78 is 0. The minimum atomic E-state index is -1.52. The van der Waals surface area contributed by atoms with Crippen LogP contribution in [0.1, 0.15) is 10.4 Å². The van der Waals surface area contributed by atoms with Crippen molar-refractivity contribution in [2.24, 2.45) is 0 Å². The summed E-state index contributed by atoms with van der Waals surface area (Å²) >= 11 is 2.90. The van der Waals surface area contributed by atoms with Crippen LogP contribution in [-0.2, 0) is 4.79 Å². The summed E-state index contributed by atoms with van der Waals surface area (Å²) in [5.74, 6) is -2.99. The minimum Gasteiger partial charge on any atom is -0.502 e. The van der Waals surface area contributed by atoms with Gasteiger partial charge in [0.1, 0.15) is 0 Å². The van der Waals surface area contributed by atoms with E-state index in [2.05, 4.69) is 0 Å². The molecule has 0 bridgehead atoms. The Hall–Kier alpha value is -1.92. The van der Waals surface area contributed by atoms with Gasteiger partial charge in [0.25, 0.3) is 0 Å². The Morgan fingerprint density at radius 3 is 2.50 bits per heavy atom. The van der Waals surface area contributed by atoms with Crippen molar-refractivity contribution < 1.29 is 19.8 Å². The Morgan fingerprint density at radius 1 is 1.11 bits per heavy atom. The number of carbonyl (C=O) groups is 2. The average Bonchev–Trinajstić information content (AvgIpc) is 2.99. The van der Waals surface area contributed by atoms with Crippen molar-refractivity contribution in [3.05, 3.63) is 46.4 Å². The summed E-state index contributed by atoms with van der Waals surface area (Å²) in [5.41, 5.74) is 0.398. The molecule has 4 nitrogen and oxygen atoms in total. The summed E-state index contributed by atoms with van der Waals surface area (Å²) in [6.07, 6.45) is 0.724. The Kier molecular flexibility index (Phi) is 3.59. The lowest BCUT2D eigenvalue weighted by Crippen LogP contribution is -2.03. The van der Waals surface area contributed by atoms with Crippen molar-refractivity contribution in [1.82, 2.24) is 0 Å². The predicted octanol–water partition coefficient (Wildman–Crippen LogP) is 3.19. The topological polar surface area (TPSA) is 74.6 Å². The third-order valence-electron chi connectivity index (χ3n) is 2.16. The lowest BCUT2D eigenvalue weighted by atomic mass is 10.1. The molecule has 0 aliphatic rings. The Morgan fingerprint density at radius 2 is 1.89 bits per heavy atom. The smallest absolute Gasteiger partial charge is 0.371 e. The van der Waals surface area contributed by atoms with E-state index in [0.717, 1.165) is 15.8 Å². The number of carboxylic acid groups (broad SMARTS) is 1. The van der Waals surface area contributed by atoms with Crippen LogP contribution in [0.15, 0.2) is 40.8 Å². The van der Waals surface area contributed by atoms with E-state index < -0.39 is 17.5 Å². The molecule has 2 N–H and O–H groups in total. The van der Waals surface area contributed by atoms with Gasteiger partial charge in [-0.2, -0.15) is 0 Å². The zero-order chi connectivity index (χ0) is 13.1. The molecule has 6 heteroatoms. The summed E-state index contributed by atoms with van der Waals surface area (Å²) in [6, 6.07) is 5.38. The maximum absolute atomic E-state index is 11.8. The summed E-state index contributed by atoms with van der Waals surface area (Å²) in [4.78, 5) is 24.0. The molecule has 2 aromatic rings. The van der Waals surface area contributed by atoms with Gasteiger partial charge in [0.2, 0.25) is 5.76 Å². The van der Waals surface area contributed by atoms with Crippen LogP contribution in [-0.4, -0.2) is 22.0 Å². The molecular formula is C12H8O4S2. The highest BCUT2D eigenvalue weighted by atomic mass is 32.1. The van der Waals surface area contributed by atoms with Gasteiger partial charge in [0.15, 0.2) is 5.78 Å². The van der Waals surface area contributed by atoms with Crippen LogP contribution >= 0.6 is 22.7 Å². The standard InChI is InChI=1S/C12H8O4S2/c13-8(6-9(14)12(15)16)7-3-5-18-11(7)10-2-1-4-17-10/h1-6,14H,(H,15,16). The molecule has 0 radical (unpaired) electrons. The molecule has 2 rings (SSSR count). The Balaban J connectivity index is 2.36. The normalized spacial score (nSPS) is 11.4. The zero-order valence-corrected chi connectivity index (χ0v) is 10.6. The van der Waals surface area contributed by atoms with Crippen LogP contribution in [0.3, 0.4) is 0 Å². The van der Waals surface area contributed by atoms with Gasteiger partial charge in [-0.05, 0) is 22.9 Å². The monoisotopic (exact) mass is 280 g/mol. The number of rotatable bonds is 4. The van der Waals surface area contributed by atoms with Gasteiger partial charge in [-0.3, -0.25) is 4.79 Å². The number of carboxylic acids is 1. The van der Waals surface area contributed by atoms with Crippen molar-refractivity contribution in [2.45, 2.75) is 0 Å². The molecule has 0 atom stereocenters. The van der Waals surface area contributed by atoms with Crippen molar-refractivity contribution >= 4 is 34.4 Å². The molecule has 0 fully saturated rings.